The maximum Gasteiger partial charge on any atom is 0.250 e. The molecule has 0 aromatic rings. The molecule has 2 N–H and O–H groups in total. The largest absolute Gasteiger partial charge is 0.366 e. The molecule has 1 aliphatic rings. The number of carbonyl (C=O) groups excluding carboxylic acids is 1. The van der Waals surface area contributed by atoms with Crippen molar-refractivity contribution in [3.8, 4) is 0 Å². The molecule has 112 valence electrons. The van der Waals surface area contributed by atoms with Gasteiger partial charge in [-0.1, -0.05) is 0 Å². The Bertz CT molecular complexity index is 379. The number of sulfonamides is 1. The summed E-state index contributed by atoms with van der Waals surface area (Å²) < 4.78 is 29.6. The Labute approximate surface area is 114 Å². The van der Waals surface area contributed by atoms with Crippen LogP contribution in [0.2, 0.25) is 0 Å². The third-order valence-corrected chi connectivity index (χ3v) is 4.87. The molecule has 1 saturated heterocycles. The zero-order chi connectivity index (χ0) is 14.3. The van der Waals surface area contributed by atoms with Crippen molar-refractivity contribution in [2.45, 2.75) is 19.4 Å². The molecule has 19 heavy (non-hydrogen) atoms. The number of nitrogens with one attached hydrogen (secondary N) is 2. The lowest BCUT2D eigenvalue weighted by molar-refractivity contribution is -0.134. The molecule has 1 heterocycles. The summed E-state index contributed by atoms with van der Waals surface area (Å²) in [5, 5.41) is 5.83. The first-order valence-corrected chi connectivity index (χ1v) is 8.12. The third kappa shape index (κ3) is 5.43. The second kappa shape index (κ2) is 7.78. The molecule has 1 aliphatic heterocycles. The van der Waals surface area contributed by atoms with E-state index in [9.17, 15) is 13.2 Å². The molecule has 0 saturated carbocycles. The fraction of sp³-hybridized carbons (Fsp3) is 0.909. The van der Waals surface area contributed by atoms with Crippen LogP contribution in [-0.4, -0.2) is 70.3 Å². The van der Waals surface area contributed by atoms with Gasteiger partial charge in [-0.2, -0.15) is 0 Å². The summed E-state index contributed by atoms with van der Waals surface area (Å²) >= 11 is 0. The summed E-state index contributed by atoms with van der Waals surface area (Å²) in [7, 11) is -1.58. The number of hydrogen-bond acceptors (Lipinski definition) is 5. The van der Waals surface area contributed by atoms with Crippen LogP contribution < -0.4 is 10.6 Å². The van der Waals surface area contributed by atoms with Crippen LogP contribution >= 0.6 is 0 Å². The molecule has 7 nitrogen and oxygen atoms in total. The standard InChI is InChI=1S/C11H23N3O4S/c1-3-19(16,17)14(2)7-4-5-13-11(15)10-9-12-6-8-18-10/h10,12H,3-9H2,1-2H3,(H,13,15). The Kier molecular flexibility index (Phi) is 6.70. The van der Waals surface area contributed by atoms with Gasteiger partial charge in [-0.3, -0.25) is 4.79 Å². The molecular formula is C11H23N3O4S. The normalized spacial score (nSPS) is 20.5. The van der Waals surface area contributed by atoms with Gasteiger partial charge in [0.25, 0.3) is 0 Å². The van der Waals surface area contributed by atoms with Crippen LogP contribution in [0.25, 0.3) is 0 Å². The van der Waals surface area contributed by atoms with E-state index >= 15 is 0 Å². The van der Waals surface area contributed by atoms with Crippen LogP contribution in [0.5, 0.6) is 0 Å². The van der Waals surface area contributed by atoms with E-state index in [1.807, 2.05) is 0 Å². The van der Waals surface area contributed by atoms with Crippen molar-refractivity contribution >= 4 is 15.9 Å². The number of rotatable bonds is 7. The molecule has 0 radical (unpaired) electrons. The van der Waals surface area contributed by atoms with Gasteiger partial charge in [-0.15, -0.1) is 0 Å². The monoisotopic (exact) mass is 293 g/mol. The van der Waals surface area contributed by atoms with Crippen molar-refractivity contribution in [1.29, 1.82) is 0 Å². The Morgan fingerprint density at radius 1 is 1.53 bits per heavy atom. The molecule has 1 fully saturated rings. The van der Waals surface area contributed by atoms with E-state index in [2.05, 4.69) is 10.6 Å². The van der Waals surface area contributed by atoms with E-state index in [1.165, 1.54) is 4.31 Å². The van der Waals surface area contributed by atoms with Crippen LogP contribution in [0.15, 0.2) is 0 Å². The van der Waals surface area contributed by atoms with Gasteiger partial charge in [-0.25, -0.2) is 12.7 Å². The molecule has 0 bridgehead atoms. The predicted octanol–water partition coefficient (Wildman–Crippen LogP) is -1.24. The summed E-state index contributed by atoms with van der Waals surface area (Å²) in [4.78, 5) is 11.7. The smallest absolute Gasteiger partial charge is 0.250 e. The second-order valence-electron chi connectivity index (χ2n) is 4.43. The number of carbonyl (C=O) groups is 1. The highest BCUT2D eigenvalue weighted by molar-refractivity contribution is 7.89. The summed E-state index contributed by atoms with van der Waals surface area (Å²) in [5.74, 6) is -0.0505. The van der Waals surface area contributed by atoms with Crippen LogP contribution in [0, 0.1) is 0 Å². The van der Waals surface area contributed by atoms with Gasteiger partial charge in [0.1, 0.15) is 6.10 Å². The lowest BCUT2D eigenvalue weighted by atomic mass is 10.3. The summed E-state index contributed by atoms with van der Waals surface area (Å²) in [6.45, 7) is 4.29. The van der Waals surface area contributed by atoms with E-state index < -0.39 is 16.1 Å². The molecule has 1 rings (SSSR count). The Balaban J connectivity index is 2.18. The Morgan fingerprint density at radius 3 is 2.84 bits per heavy atom. The summed E-state index contributed by atoms with van der Waals surface area (Å²) in [6, 6.07) is 0. The highest BCUT2D eigenvalue weighted by Gasteiger charge is 2.21. The minimum Gasteiger partial charge on any atom is -0.366 e. The van der Waals surface area contributed by atoms with E-state index in [0.717, 1.165) is 6.54 Å². The lowest BCUT2D eigenvalue weighted by Gasteiger charge is -2.23. The van der Waals surface area contributed by atoms with Gasteiger partial charge in [0.15, 0.2) is 0 Å². The van der Waals surface area contributed by atoms with Crippen molar-refractivity contribution in [2.75, 3.05) is 45.6 Å². The van der Waals surface area contributed by atoms with Crippen LogP contribution in [0.1, 0.15) is 13.3 Å². The highest BCUT2D eigenvalue weighted by atomic mass is 32.2. The maximum atomic E-state index is 11.7. The van der Waals surface area contributed by atoms with Gasteiger partial charge in [0.2, 0.25) is 15.9 Å². The molecule has 0 spiro atoms. The SMILES string of the molecule is CCS(=O)(=O)N(C)CCCNC(=O)C1CNCCO1. The van der Waals surface area contributed by atoms with Gasteiger partial charge < -0.3 is 15.4 Å². The van der Waals surface area contributed by atoms with E-state index in [0.29, 0.717) is 32.7 Å². The highest BCUT2D eigenvalue weighted by Crippen LogP contribution is 1.99. The average Bonchev–Trinajstić information content (AvgIpc) is 2.43. The molecular weight excluding hydrogens is 270 g/mol. The number of hydrogen-bond donors (Lipinski definition) is 2. The molecule has 8 heteroatoms. The topological polar surface area (TPSA) is 87.7 Å². The number of morpholine rings is 1. The Morgan fingerprint density at radius 2 is 2.26 bits per heavy atom. The van der Waals surface area contributed by atoms with Crippen molar-refractivity contribution in [2.24, 2.45) is 0 Å². The van der Waals surface area contributed by atoms with Crippen molar-refractivity contribution in [3.63, 3.8) is 0 Å². The number of ether oxygens (including phenoxy) is 1. The summed E-state index contributed by atoms with van der Waals surface area (Å²) in [6.07, 6.45) is 0.146. The number of amides is 1. The van der Waals surface area contributed by atoms with Crippen LogP contribution in [0.4, 0.5) is 0 Å². The molecule has 1 amide bonds. The minimum absolute atomic E-state index is 0.0947. The number of nitrogens with zero attached hydrogens (tertiary/aromatic N) is 1. The fourth-order valence-corrected chi connectivity index (χ4v) is 2.57. The third-order valence-electron chi connectivity index (χ3n) is 3.01. The predicted molar refractivity (Wildman–Crippen MR) is 72.3 cm³/mol. The van der Waals surface area contributed by atoms with E-state index in [1.54, 1.807) is 14.0 Å². The zero-order valence-corrected chi connectivity index (χ0v) is 12.3. The minimum atomic E-state index is -3.13. The molecule has 0 aliphatic carbocycles. The molecule has 0 aromatic heterocycles. The maximum absolute atomic E-state index is 11.7. The second-order valence-corrected chi connectivity index (χ2v) is 6.79. The lowest BCUT2D eigenvalue weighted by Crippen LogP contribution is -2.48. The van der Waals surface area contributed by atoms with Crippen molar-refractivity contribution in [3.05, 3.63) is 0 Å². The van der Waals surface area contributed by atoms with Gasteiger partial charge in [0, 0.05) is 33.2 Å². The first kappa shape index (κ1) is 16.4. The fourth-order valence-electron chi connectivity index (χ4n) is 1.72. The van der Waals surface area contributed by atoms with Crippen LogP contribution in [-0.2, 0) is 19.6 Å². The quantitative estimate of drug-likeness (QED) is 0.574. The first-order valence-electron chi connectivity index (χ1n) is 6.51. The summed E-state index contributed by atoms with van der Waals surface area (Å²) in [5.41, 5.74) is 0. The van der Waals surface area contributed by atoms with Crippen molar-refractivity contribution < 1.29 is 17.9 Å². The van der Waals surface area contributed by atoms with Crippen molar-refractivity contribution in [1.82, 2.24) is 14.9 Å². The average molecular weight is 293 g/mol. The van der Waals surface area contributed by atoms with Gasteiger partial charge >= 0.3 is 0 Å². The van der Waals surface area contributed by atoms with Crippen LogP contribution in [0.3, 0.4) is 0 Å². The van der Waals surface area contributed by atoms with Gasteiger partial charge in [-0.05, 0) is 13.3 Å². The first-order chi connectivity index (χ1) is 8.97. The van der Waals surface area contributed by atoms with E-state index in [4.69, 9.17) is 4.74 Å². The Hall–Kier alpha value is -0.700. The zero-order valence-electron chi connectivity index (χ0n) is 11.5. The van der Waals surface area contributed by atoms with E-state index in [-0.39, 0.29) is 11.7 Å². The molecule has 1 atom stereocenters. The molecule has 0 aromatic carbocycles. The van der Waals surface area contributed by atoms with Gasteiger partial charge in [0.05, 0.1) is 12.4 Å². The molecule has 1 unspecified atom stereocenters.